The summed E-state index contributed by atoms with van der Waals surface area (Å²) in [5, 5.41) is 5.06. The van der Waals surface area contributed by atoms with Gasteiger partial charge in [-0.15, -0.1) is 0 Å². The summed E-state index contributed by atoms with van der Waals surface area (Å²) < 4.78 is 9.61. The number of nitrogens with two attached hydrogens (primary N) is 2. The van der Waals surface area contributed by atoms with Crippen LogP contribution in [0.4, 0.5) is 0 Å². The van der Waals surface area contributed by atoms with Crippen LogP contribution < -0.4 is 22.1 Å². The quantitative estimate of drug-likeness (QED) is 0.284. The molecule has 0 heterocycles. The summed E-state index contributed by atoms with van der Waals surface area (Å²) in [6, 6.07) is 0. The molecule has 0 spiro atoms. The van der Waals surface area contributed by atoms with Gasteiger partial charge in [-0.05, 0) is 27.7 Å². The molecule has 0 rings (SSSR count). The Morgan fingerprint density at radius 2 is 1.04 bits per heavy atom. The lowest BCUT2D eigenvalue weighted by Crippen LogP contribution is -2.50. The summed E-state index contributed by atoms with van der Waals surface area (Å²) in [6.07, 6.45) is 0. The molecule has 0 atom stereocenters. The highest BCUT2D eigenvalue weighted by atomic mass is 16.6. The molecule has 0 saturated carbocycles. The van der Waals surface area contributed by atoms with Crippen molar-refractivity contribution in [3.63, 3.8) is 0 Å². The van der Waals surface area contributed by atoms with Crippen molar-refractivity contribution in [3.05, 3.63) is 0 Å². The van der Waals surface area contributed by atoms with Gasteiger partial charge in [0.1, 0.15) is 13.2 Å². The molecular formula is C14H26N4O6. The highest BCUT2D eigenvalue weighted by molar-refractivity contribution is 6.29. The van der Waals surface area contributed by atoms with Crippen LogP contribution in [0, 0.1) is 0 Å². The summed E-state index contributed by atoms with van der Waals surface area (Å²) >= 11 is 0. The standard InChI is InChI=1S/C14H26N4O6/c1-13(2,17-9(19)5-15)7-23-11(21)12(22)24-8-14(3,4)18-10(20)6-16/h5-8,15-16H2,1-4H3,(H,17,19)(H,18,20). The molecular weight excluding hydrogens is 320 g/mol. The second-order valence-electron chi connectivity index (χ2n) is 6.42. The zero-order chi connectivity index (χ0) is 19.0. The van der Waals surface area contributed by atoms with Gasteiger partial charge in [-0.1, -0.05) is 0 Å². The van der Waals surface area contributed by atoms with Crippen molar-refractivity contribution in [2.45, 2.75) is 38.8 Å². The van der Waals surface area contributed by atoms with Crippen LogP contribution in [-0.2, 0) is 28.7 Å². The topological polar surface area (TPSA) is 163 Å². The first-order valence-electron chi connectivity index (χ1n) is 7.28. The van der Waals surface area contributed by atoms with Gasteiger partial charge in [0.2, 0.25) is 11.8 Å². The molecule has 6 N–H and O–H groups in total. The fraction of sp³-hybridized carbons (Fsp3) is 0.714. The van der Waals surface area contributed by atoms with Crippen LogP contribution in [0.2, 0.25) is 0 Å². The number of nitrogens with one attached hydrogen (secondary N) is 2. The fourth-order valence-electron chi connectivity index (χ4n) is 1.54. The molecule has 0 aliphatic carbocycles. The van der Waals surface area contributed by atoms with E-state index in [1.54, 1.807) is 27.7 Å². The molecule has 0 bridgehead atoms. The van der Waals surface area contributed by atoms with E-state index in [1.165, 1.54) is 0 Å². The van der Waals surface area contributed by atoms with Crippen LogP contribution in [0.3, 0.4) is 0 Å². The smallest absolute Gasteiger partial charge is 0.417 e. The third-order valence-corrected chi connectivity index (χ3v) is 2.62. The van der Waals surface area contributed by atoms with Crippen LogP contribution in [0.15, 0.2) is 0 Å². The van der Waals surface area contributed by atoms with Crippen LogP contribution in [0.5, 0.6) is 0 Å². The first-order valence-corrected chi connectivity index (χ1v) is 7.28. The van der Waals surface area contributed by atoms with Gasteiger partial charge in [-0.3, -0.25) is 9.59 Å². The summed E-state index contributed by atoms with van der Waals surface area (Å²) in [6.45, 7) is 5.52. The fourth-order valence-corrected chi connectivity index (χ4v) is 1.54. The lowest BCUT2D eigenvalue weighted by Gasteiger charge is -2.26. The molecule has 138 valence electrons. The Morgan fingerprint density at radius 3 is 1.29 bits per heavy atom. The largest absolute Gasteiger partial charge is 0.455 e. The van der Waals surface area contributed by atoms with Crippen LogP contribution >= 0.6 is 0 Å². The Bertz CT molecular complexity index is 446. The van der Waals surface area contributed by atoms with Crippen LogP contribution in [0.25, 0.3) is 0 Å². The van der Waals surface area contributed by atoms with E-state index in [-0.39, 0.29) is 26.3 Å². The number of ether oxygens (including phenoxy) is 2. The van der Waals surface area contributed by atoms with E-state index in [2.05, 4.69) is 10.6 Å². The lowest BCUT2D eigenvalue weighted by molar-refractivity contribution is -0.170. The minimum absolute atomic E-state index is 0.205. The van der Waals surface area contributed by atoms with E-state index in [0.29, 0.717) is 0 Å². The van der Waals surface area contributed by atoms with Gasteiger partial charge in [0, 0.05) is 0 Å². The van der Waals surface area contributed by atoms with Gasteiger partial charge in [-0.2, -0.15) is 0 Å². The maximum Gasteiger partial charge on any atom is 0.417 e. The van der Waals surface area contributed by atoms with E-state index in [4.69, 9.17) is 20.9 Å². The van der Waals surface area contributed by atoms with E-state index in [1.807, 2.05) is 0 Å². The number of esters is 2. The monoisotopic (exact) mass is 346 g/mol. The summed E-state index contributed by atoms with van der Waals surface area (Å²) in [5.74, 6) is -3.25. The Hall–Kier alpha value is -2.20. The molecule has 10 nitrogen and oxygen atoms in total. The van der Waals surface area contributed by atoms with Crippen molar-refractivity contribution in [3.8, 4) is 0 Å². The van der Waals surface area contributed by atoms with E-state index < -0.39 is 34.8 Å². The molecule has 0 aliphatic heterocycles. The Balaban J connectivity index is 4.36. The normalized spacial score (nSPS) is 11.4. The SMILES string of the molecule is CC(C)(COC(=O)C(=O)OCC(C)(C)NC(=O)CN)NC(=O)CN. The first kappa shape index (κ1) is 21.8. The molecule has 0 aromatic carbocycles. The minimum Gasteiger partial charge on any atom is -0.455 e. The van der Waals surface area contributed by atoms with Gasteiger partial charge in [0.05, 0.1) is 24.2 Å². The van der Waals surface area contributed by atoms with Crippen molar-refractivity contribution in [1.82, 2.24) is 10.6 Å². The predicted octanol–water partition coefficient (Wildman–Crippen LogP) is -2.22. The Kier molecular flexibility index (Phi) is 8.34. The molecule has 0 aliphatic rings. The van der Waals surface area contributed by atoms with Gasteiger partial charge in [-0.25, -0.2) is 9.59 Å². The molecule has 0 unspecified atom stereocenters. The van der Waals surface area contributed by atoms with Gasteiger partial charge in [0.25, 0.3) is 0 Å². The molecule has 0 radical (unpaired) electrons. The Morgan fingerprint density at radius 1 is 0.750 bits per heavy atom. The van der Waals surface area contributed by atoms with E-state index in [0.717, 1.165) is 0 Å². The van der Waals surface area contributed by atoms with E-state index >= 15 is 0 Å². The van der Waals surface area contributed by atoms with Crippen molar-refractivity contribution in [1.29, 1.82) is 0 Å². The molecule has 0 aromatic rings. The lowest BCUT2D eigenvalue weighted by atomic mass is 10.1. The number of hydrogen-bond donors (Lipinski definition) is 4. The number of hydrogen-bond acceptors (Lipinski definition) is 8. The molecule has 24 heavy (non-hydrogen) atoms. The van der Waals surface area contributed by atoms with Crippen molar-refractivity contribution >= 4 is 23.8 Å². The van der Waals surface area contributed by atoms with E-state index in [9.17, 15) is 19.2 Å². The third-order valence-electron chi connectivity index (χ3n) is 2.62. The second kappa shape index (κ2) is 9.18. The molecule has 0 fully saturated rings. The number of amides is 2. The van der Waals surface area contributed by atoms with Gasteiger partial charge < -0.3 is 31.6 Å². The summed E-state index contributed by atoms with van der Waals surface area (Å²) in [5.41, 5.74) is 8.58. The van der Waals surface area contributed by atoms with Gasteiger partial charge >= 0.3 is 11.9 Å². The highest BCUT2D eigenvalue weighted by Gasteiger charge is 2.28. The predicted molar refractivity (Wildman–Crippen MR) is 84.5 cm³/mol. The minimum atomic E-state index is -1.20. The number of carbonyl (C=O) groups is 4. The zero-order valence-corrected chi connectivity index (χ0v) is 14.4. The summed E-state index contributed by atoms with van der Waals surface area (Å²) in [7, 11) is 0. The van der Waals surface area contributed by atoms with Crippen molar-refractivity contribution in [2.75, 3.05) is 26.3 Å². The summed E-state index contributed by atoms with van der Waals surface area (Å²) in [4.78, 5) is 45.6. The molecule has 0 saturated heterocycles. The van der Waals surface area contributed by atoms with Gasteiger partial charge in [0.15, 0.2) is 0 Å². The molecule has 0 aromatic heterocycles. The molecule has 10 heteroatoms. The van der Waals surface area contributed by atoms with Crippen molar-refractivity contribution in [2.24, 2.45) is 11.5 Å². The number of carbonyl (C=O) groups excluding carboxylic acids is 4. The molecule has 2 amide bonds. The first-order chi connectivity index (χ1) is 10.9. The Labute approximate surface area is 140 Å². The number of rotatable bonds is 8. The second-order valence-corrected chi connectivity index (χ2v) is 6.42. The average molecular weight is 346 g/mol. The maximum atomic E-state index is 11.6. The zero-order valence-electron chi connectivity index (χ0n) is 14.4. The third kappa shape index (κ3) is 9.06. The van der Waals surface area contributed by atoms with Crippen LogP contribution in [-0.4, -0.2) is 61.1 Å². The maximum absolute atomic E-state index is 11.6. The average Bonchev–Trinajstić information content (AvgIpc) is 2.49. The van der Waals surface area contributed by atoms with Crippen LogP contribution in [0.1, 0.15) is 27.7 Å². The highest BCUT2D eigenvalue weighted by Crippen LogP contribution is 2.05. The van der Waals surface area contributed by atoms with Crippen molar-refractivity contribution < 1.29 is 28.7 Å².